The summed E-state index contributed by atoms with van der Waals surface area (Å²) in [6, 6.07) is 2.79. The Morgan fingerprint density at radius 3 is 2.49 bits per heavy atom. The van der Waals surface area contributed by atoms with Crippen LogP contribution in [0, 0.1) is 5.41 Å². The Hall–Kier alpha value is -3.54. The number of primary amides is 1. The number of benzene rings is 1. The van der Waals surface area contributed by atoms with Crippen molar-refractivity contribution in [2.24, 2.45) is 11.1 Å². The molecule has 1 aromatic carbocycles. The molecule has 200 valence electrons. The summed E-state index contributed by atoms with van der Waals surface area (Å²) < 4.78 is 0. The minimum Gasteiger partial charge on any atom is -0.506 e. The van der Waals surface area contributed by atoms with Crippen LogP contribution in [0.4, 0.5) is 11.4 Å². The van der Waals surface area contributed by atoms with Crippen molar-refractivity contribution in [3.8, 4) is 5.75 Å². The molecular formula is C31H43N3O3. The molecule has 0 bridgehead atoms. The summed E-state index contributed by atoms with van der Waals surface area (Å²) in [4.78, 5) is 24.7. The van der Waals surface area contributed by atoms with Crippen LogP contribution < -0.4 is 16.4 Å². The molecule has 1 unspecified atom stereocenters. The third kappa shape index (κ3) is 8.52. The van der Waals surface area contributed by atoms with Crippen molar-refractivity contribution < 1.29 is 14.7 Å². The number of carbonyl (C=O) groups is 2. The Balaban J connectivity index is 2.16. The van der Waals surface area contributed by atoms with Gasteiger partial charge in [-0.3, -0.25) is 9.59 Å². The summed E-state index contributed by atoms with van der Waals surface area (Å²) in [5, 5.41) is 16.3. The molecule has 1 aromatic rings. The average molecular weight is 506 g/mol. The van der Waals surface area contributed by atoms with Gasteiger partial charge in [0.15, 0.2) is 0 Å². The predicted molar refractivity (Wildman–Crippen MR) is 155 cm³/mol. The molecule has 1 atom stereocenters. The smallest absolute Gasteiger partial charge is 0.250 e. The molecule has 1 aliphatic rings. The van der Waals surface area contributed by atoms with E-state index >= 15 is 0 Å². The van der Waals surface area contributed by atoms with E-state index in [2.05, 4.69) is 50.5 Å². The van der Waals surface area contributed by atoms with Crippen LogP contribution in [0.3, 0.4) is 0 Å². The van der Waals surface area contributed by atoms with Crippen molar-refractivity contribution in [2.45, 2.75) is 80.2 Å². The molecule has 2 rings (SSSR count). The highest BCUT2D eigenvalue weighted by atomic mass is 16.3. The Morgan fingerprint density at radius 2 is 1.86 bits per heavy atom. The van der Waals surface area contributed by atoms with Gasteiger partial charge in [0.1, 0.15) is 11.4 Å². The third-order valence-electron chi connectivity index (χ3n) is 6.83. The minimum absolute atomic E-state index is 0.00392. The monoisotopic (exact) mass is 505 g/mol. The zero-order chi connectivity index (χ0) is 27.8. The number of rotatable bonds is 10. The molecule has 6 nitrogen and oxygen atoms in total. The van der Waals surface area contributed by atoms with Gasteiger partial charge in [-0.05, 0) is 82.1 Å². The van der Waals surface area contributed by atoms with Gasteiger partial charge < -0.3 is 21.5 Å². The lowest BCUT2D eigenvalue weighted by molar-refractivity contribution is -0.112. The maximum absolute atomic E-state index is 12.7. The second-order valence-corrected chi connectivity index (χ2v) is 10.6. The van der Waals surface area contributed by atoms with Gasteiger partial charge in [0, 0.05) is 12.1 Å². The zero-order valence-electron chi connectivity index (χ0n) is 23.4. The first-order valence-electron chi connectivity index (χ1n) is 13.0. The minimum atomic E-state index is -0.648. The van der Waals surface area contributed by atoms with Gasteiger partial charge in [-0.15, -0.1) is 0 Å². The standard InChI is InChI=1S/C31H43N3O3/c1-8-23(5)33-28-24(30(32)37)15-17-26(35)29(28)34-27(36)19-21(3)12-9-11-20(2)14-16-25-22(4)13-10-18-31(25,6)7/h9,11-12,14-17,19,23,33,35H,8,10,13,18H2,1-7H3,(H2,32,37)(H,34,36)/b12-9+,16-14+,20-11+,21-19+. The van der Waals surface area contributed by atoms with Crippen LogP contribution in [-0.2, 0) is 4.79 Å². The van der Waals surface area contributed by atoms with Crippen molar-refractivity contribution in [3.05, 3.63) is 76.4 Å². The molecule has 1 aliphatic carbocycles. The molecule has 6 heteroatoms. The van der Waals surface area contributed by atoms with Crippen LogP contribution in [0.5, 0.6) is 5.75 Å². The molecule has 0 aliphatic heterocycles. The number of phenols is 1. The molecule has 0 saturated heterocycles. The van der Waals surface area contributed by atoms with Crippen molar-refractivity contribution in [1.29, 1.82) is 0 Å². The fourth-order valence-corrected chi connectivity index (χ4v) is 4.47. The van der Waals surface area contributed by atoms with Crippen molar-refractivity contribution >= 4 is 23.2 Å². The summed E-state index contributed by atoms with van der Waals surface area (Å²) in [7, 11) is 0. The molecule has 5 N–H and O–H groups in total. The van der Waals surface area contributed by atoms with Crippen LogP contribution in [0.1, 0.15) is 84.5 Å². The average Bonchev–Trinajstić information content (AvgIpc) is 2.80. The van der Waals surface area contributed by atoms with Crippen molar-refractivity contribution in [1.82, 2.24) is 0 Å². The summed E-state index contributed by atoms with van der Waals surface area (Å²) in [5.74, 6) is -1.22. The number of hydrogen-bond donors (Lipinski definition) is 4. The number of nitrogens with one attached hydrogen (secondary N) is 2. The first-order valence-corrected chi connectivity index (χ1v) is 13.0. The predicted octanol–water partition coefficient (Wildman–Crippen LogP) is 7.17. The quantitative estimate of drug-likeness (QED) is 0.154. The molecule has 0 saturated carbocycles. The number of aromatic hydroxyl groups is 1. The Labute approximate surface area is 222 Å². The largest absolute Gasteiger partial charge is 0.506 e. The van der Waals surface area contributed by atoms with Crippen molar-refractivity contribution in [3.63, 3.8) is 0 Å². The van der Waals surface area contributed by atoms with E-state index in [0.717, 1.165) is 24.0 Å². The molecule has 2 amide bonds. The van der Waals surface area contributed by atoms with E-state index in [-0.39, 0.29) is 28.5 Å². The lowest BCUT2D eigenvalue weighted by Crippen LogP contribution is -2.21. The van der Waals surface area contributed by atoms with Gasteiger partial charge in [0.2, 0.25) is 5.91 Å². The van der Waals surface area contributed by atoms with Gasteiger partial charge in [0.25, 0.3) is 5.91 Å². The molecule has 37 heavy (non-hydrogen) atoms. The first-order chi connectivity index (χ1) is 17.4. The van der Waals surface area contributed by atoms with Crippen LogP contribution in [0.25, 0.3) is 0 Å². The van der Waals surface area contributed by atoms with Gasteiger partial charge in [-0.1, -0.05) is 62.3 Å². The van der Waals surface area contributed by atoms with E-state index in [1.54, 1.807) is 0 Å². The van der Waals surface area contributed by atoms with Gasteiger partial charge in [0.05, 0.1) is 11.3 Å². The zero-order valence-corrected chi connectivity index (χ0v) is 23.4. The number of hydrogen-bond acceptors (Lipinski definition) is 4. The van der Waals surface area contributed by atoms with E-state index in [1.807, 2.05) is 39.0 Å². The SMILES string of the molecule is CCC(C)Nc1c(C(N)=O)ccc(O)c1NC(=O)/C=C(C)/C=C/C=C(C)/C=C/C1=C(C)CCCC1(C)C. The first kappa shape index (κ1) is 29.7. The second kappa shape index (κ2) is 13.1. The molecule has 0 fully saturated rings. The van der Waals surface area contributed by atoms with Crippen LogP contribution >= 0.6 is 0 Å². The van der Waals surface area contributed by atoms with E-state index in [0.29, 0.717) is 5.69 Å². The summed E-state index contributed by atoms with van der Waals surface area (Å²) >= 11 is 0. The van der Waals surface area contributed by atoms with E-state index in [9.17, 15) is 14.7 Å². The number of allylic oxidation sites excluding steroid dienone is 9. The molecular weight excluding hydrogens is 462 g/mol. The molecule has 0 heterocycles. The van der Waals surface area contributed by atoms with E-state index < -0.39 is 11.8 Å². The summed E-state index contributed by atoms with van der Waals surface area (Å²) in [6.45, 7) is 14.6. The third-order valence-corrected chi connectivity index (χ3v) is 6.83. The summed E-state index contributed by atoms with van der Waals surface area (Å²) in [5.41, 5.74) is 11.1. The Morgan fingerprint density at radius 1 is 1.16 bits per heavy atom. The number of amides is 2. The van der Waals surface area contributed by atoms with Gasteiger partial charge in [-0.25, -0.2) is 0 Å². The molecule has 0 radical (unpaired) electrons. The highest BCUT2D eigenvalue weighted by molar-refractivity contribution is 6.08. The lowest BCUT2D eigenvalue weighted by atomic mass is 9.72. The number of phenolic OH excluding ortho intramolecular Hbond substituents is 1. The Bertz CT molecular complexity index is 1170. The topological polar surface area (TPSA) is 104 Å². The van der Waals surface area contributed by atoms with Gasteiger partial charge >= 0.3 is 0 Å². The van der Waals surface area contributed by atoms with Crippen LogP contribution in [-0.4, -0.2) is 23.0 Å². The highest BCUT2D eigenvalue weighted by Crippen LogP contribution is 2.41. The fourth-order valence-electron chi connectivity index (χ4n) is 4.47. The molecule has 0 aromatic heterocycles. The second-order valence-electron chi connectivity index (χ2n) is 10.6. The number of nitrogens with two attached hydrogens (primary N) is 1. The molecule has 0 spiro atoms. The van der Waals surface area contributed by atoms with Crippen LogP contribution in [0.15, 0.2) is 70.9 Å². The summed E-state index contributed by atoms with van der Waals surface area (Å²) in [6.07, 6.45) is 16.0. The maximum Gasteiger partial charge on any atom is 0.250 e. The number of anilines is 2. The van der Waals surface area contributed by atoms with E-state index in [4.69, 9.17) is 5.73 Å². The van der Waals surface area contributed by atoms with Gasteiger partial charge in [-0.2, -0.15) is 0 Å². The highest BCUT2D eigenvalue weighted by Gasteiger charge is 2.26. The number of carbonyl (C=O) groups excluding carboxylic acids is 2. The Kier molecular flexibility index (Phi) is 10.5. The normalized spacial score (nSPS) is 17.4. The van der Waals surface area contributed by atoms with E-state index in [1.165, 1.54) is 42.2 Å². The van der Waals surface area contributed by atoms with Crippen LogP contribution in [0.2, 0.25) is 0 Å². The van der Waals surface area contributed by atoms with Crippen molar-refractivity contribution in [2.75, 3.05) is 10.6 Å². The maximum atomic E-state index is 12.7. The fraction of sp³-hybridized carbons (Fsp3) is 0.419. The lowest BCUT2D eigenvalue weighted by Gasteiger charge is -2.32.